The van der Waals surface area contributed by atoms with Crippen LogP contribution < -0.4 is 5.32 Å². The van der Waals surface area contributed by atoms with Crippen molar-refractivity contribution in [1.82, 2.24) is 18.9 Å². The standard InChI is InChI=1S/C24H22BrCl2N5O2S/c25-20-15-29-32-23(13-22(30-24(20)32)19-3-1-2-4-21(19)27)28-14-16-9-11-31(12-10-16)35(33,34)18-7-5-17(26)6-8-18/h1-8,13,15-16,28H,9-12,14H2. The third kappa shape index (κ3) is 5.06. The monoisotopic (exact) mass is 593 g/mol. The fraction of sp³-hybridized carbons (Fsp3) is 0.250. The molecule has 3 heterocycles. The maximum absolute atomic E-state index is 13.0. The molecule has 1 aliphatic rings. The summed E-state index contributed by atoms with van der Waals surface area (Å²) in [5.74, 6) is 1.12. The zero-order valence-electron chi connectivity index (χ0n) is 18.5. The maximum atomic E-state index is 13.0. The number of hydrogen-bond acceptors (Lipinski definition) is 5. The average molecular weight is 595 g/mol. The van der Waals surface area contributed by atoms with E-state index in [1.165, 1.54) is 0 Å². The van der Waals surface area contributed by atoms with Crippen LogP contribution in [0.1, 0.15) is 12.8 Å². The van der Waals surface area contributed by atoms with Crippen molar-refractivity contribution in [1.29, 1.82) is 0 Å². The number of benzene rings is 2. The molecule has 0 bridgehead atoms. The molecule has 11 heteroatoms. The largest absolute Gasteiger partial charge is 0.370 e. The Kier molecular flexibility index (Phi) is 7.05. The van der Waals surface area contributed by atoms with E-state index < -0.39 is 10.0 Å². The summed E-state index contributed by atoms with van der Waals surface area (Å²) in [7, 11) is -3.52. The first kappa shape index (κ1) is 24.5. The molecule has 2 aromatic carbocycles. The Labute approximate surface area is 222 Å². The molecular formula is C24H22BrCl2N5O2S. The minimum atomic E-state index is -3.52. The SMILES string of the molecule is O=S(=O)(c1ccc(Cl)cc1)N1CCC(CNc2cc(-c3ccccc3Cl)nc3c(Br)cnn23)CC1. The average Bonchev–Trinajstić information content (AvgIpc) is 3.24. The lowest BCUT2D eigenvalue weighted by molar-refractivity contribution is 0.282. The van der Waals surface area contributed by atoms with Gasteiger partial charge in [-0.3, -0.25) is 0 Å². The summed E-state index contributed by atoms with van der Waals surface area (Å²) >= 11 is 15.9. The van der Waals surface area contributed by atoms with Crippen molar-refractivity contribution in [2.24, 2.45) is 5.92 Å². The van der Waals surface area contributed by atoms with Crippen molar-refractivity contribution >= 4 is 60.6 Å². The number of hydrogen-bond donors (Lipinski definition) is 1. The van der Waals surface area contributed by atoms with Crippen LogP contribution >= 0.6 is 39.1 Å². The maximum Gasteiger partial charge on any atom is 0.243 e. The van der Waals surface area contributed by atoms with E-state index in [-0.39, 0.29) is 4.90 Å². The van der Waals surface area contributed by atoms with E-state index in [9.17, 15) is 8.42 Å². The van der Waals surface area contributed by atoms with Gasteiger partial charge in [-0.2, -0.15) is 13.9 Å². The summed E-state index contributed by atoms with van der Waals surface area (Å²) in [6.07, 6.45) is 3.23. The van der Waals surface area contributed by atoms with Gasteiger partial charge in [-0.1, -0.05) is 41.4 Å². The number of halogens is 3. The third-order valence-corrected chi connectivity index (χ3v) is 9.23. The first-order valence-corrected chi connectivity index (χ1v) is 14.1. The van der Waals surface area contributed by atoms with E-state index in [1.54, 1.807) is 39.3 Å². The van der Waals surface area contributed by atoms with Gasteiger partial charge in [0.25, 0.3) is 0 Å². The van der Waals surface area contributed by atoms with Crippen LogP contribution in [0.25, 0.3) is 16.9 Å². The molecule has 5 rings (SSSR count). The van der Waals surface area contributed by atoms with Crippen molar-refractivity contribution in [3.8, 4) is 11.3 Å². The summed E-state index contributed by atoms with van der Waals surface area (Å²) in [4.78, 5) is 5.01. The Morgan fingerprint density at radius 2 is 1.77 bits per heavy atom. The lowest BCUT2D eigenvalue weighted by atomic mass is 9.98. The topological polar surface area (TPSA) is 79.6 Å². The van der Waals surface area contributed by atoms with Gasteiger partial charge in [-0.05, 0) is 65.0 Å². The number of fused-ring (bicyclic) bond motifs is 1. The summed E-state index contributed by atoms with van der Waals surface area (Å²) in [5, 5.41) is 9.08. The van der Waals surface area contributed by atoms with Crippen molar-refractivity contribution in [3.63, 3.8) is 0 Å². The van der Waals surface area contributed by atoms with E-state index in [0.29, 0.717) is 41.2 Å². The number of sulfonamides is 1. The number of nitrogens with one attached hydrogen (secondary N) is 1. The fourth-order valence-corrected chi connectivity index (χ4v) is 6.40. The van der Waals surface area contributed by atoms with Gasteiger partial charge < -0.3 is 5.32 Å². The number of aromatic nitrogens is 3. The molecule has 182 valence electrons. The molecule has 0 atom stereocenters. The molecule has 0 aliphatic carbocycles. The van der Waals surface area contributed by atoms with Gasteiger partial charge in [0, 0.05) is 41.3 Å². The van der Waals surface area contributed by atoms with Gasteiger partial charge >= 0.3 is 0 Å². The molecule has 7 nitrogen and oxygen atoms in total. The van der Waals surface area contributed by atoms with Gasteiger partial charge in [0.2, 0.25) is 10.0 Å². The van der Waals surface area contributed by atoms with Crippen LogP contribution in [-0.2, 0) is 10.0 Å². The van der Waals surface area contributed by atoms with Gasteiger partial charge in [0.15, 0.2) is 5.65 Å². The van der Waals surface area contributed by atoms with Gasteiger partial charge in [-0.25, -0.2) is 13.4 Å². The molecule has 0 unspecified atom stereocenters. The molecule has 1 saturated heterocycles. The van der Waals surface area contributed by atoms with Crippen LogP contribution in [0.4, 0.5) is 5.82 Å². The first-order valence-electron chi connectivity index (χ1n) is 11.1. The van der Waals surface area contributed by atoms with Gasteiger partial charge in [-0.15, -0.1) is 0 Å². The van der Waals surface area contributed by atoms with E-state index in [0.717, 1.165) is 34.4 Å². The zero-order valence-corrected chi connectivity index (χ0v) is 22.4. The second-order valence-corrected chi connectivity index (χ2v) is 12.1. The summed E-state index contributed by atoms with van der Waals surface area (Å²) < 4.78 is 30.0. The van der Waals surface area contributed by atoms with Crippen LogP contribution in [0.2, 0.25) is 10.0 Å². The van der Waals surface area contributed by atoms with Crippen LogP contribution in [-0.4, -0.2) is 47.0 Å². The van der Waals surface area contributed by atoms with E-state index in [4.69, 9.17) is 28.2 Å². The van der Waals surface area contributed by atoms with Crippen molar-refractivity contribution in [2.75, 3.05) is 25.0 Å². The number of nitrogens with zero attached hydrogens (tertiary/aromatic N) is 4. The van der Waals surface area contributed by atoms with Crippen molar-refractivity contribution in [2.45, 2.75) is 17.7 Å². The molecule has 0 saturated carbocycles. The minimum Gasteiger partial charge on any atom is -0.370 e. The Hall–Kier alpha value is -2.17. The second kappa shape index (κ2) is 10.1. The lowest BCUT2D eigenvalue weighted by Crippen LogP contribution is -2.39. The third-order valence-electron chi connectivity index (χ3n) is 6.18. The highest BCUT2D eigenvalue weighted by Gasteiger charge is 2.29. The molecule has 0 amide bonds. The lowest BCUT2D eigenvalue weighted by Gasteiger charge is -2.31. The first-order chi connectivity index (χ1) is 16.8. The summed E-state index contributed by atoms with van der Waals surface area (Å²) in [6, 6.07) is 15.8. The quantitative estimate of drug-likeness (QED) is 0.297. The van der Waals surface area contributed by atoms with Crippen LogP contribution in [0.3, 0.4) is 0 Å². The van der Waals surface area contributed by atoms with E-state index in [2.05, 4.69) is 26.3 Å². The van der Waals surface area contributed by atoms with E-state index >= 15 is 0 Å². The molecule has 1 fully saturated rings. The molecule has 1 aliphatic heterocycles. The number of rotatable bonds is 6. The molecular weight excluding hydrogens is 573 g/mol. The van der Waals surface area contributed by atoms with Gasteiger partial charge in [0.1, 0.15) is 5.82 Å². The van der Waals surface area contributed by atoms with Crippen LogP contribution in [0.5, 0.6) is 0 Å². The van der Waals surface area contributed by atoms with E-state index in [1.807, 2.05) is 30.3 Å². The highest BCUT2D eigenvalue weighted by Crippen LogP contribution is 2.31. The number of piperidine rings is 1. The highest BCUT2D eigenvalue weighted by molar-refractivity contribution is 9.10. The molecule has 0 radical (unpaired) electrons. The normalized spacial score (nSPS) is 15.5. The zero-order chi connectivity index (χ0) is 24.6. The van der Waals surface area contributed by atoms with Crippen LogP contribution in [0, 0.1) is 5.92 Å². The predicted octanol–water partition coefficient (Wildman–Crippen LogP) is 5.98. The fourth-order valence-electron chi connectivity index (χ4n) is 4.23. The summed E-state index contributed by atoms with van der Waals surface area (Å²) in [5.41, 5.74) is 2.28. The van der Waals surface area contributed by atoms with Gasteiger partial charge in [0.05, 0.1) is 21.3 Å². The second-order valence-electron chi connectivity index (χ2n) is 8.42. The molecule has 0 spiro atoms. The Bertz CT molecular complexity index is 1470. The van der Waals surface area contributed by atoms with Crippen LogP contribution in [0.15, 0.2) is 70.2 Å². The Balaban J connectivity index is 1.30. The molecule has 4 aromatic rings. The van der Waals surface area contributed by atoms with Crippen molar-refractivity contribution < 1.29 is 8.42 Å². The Morgan fingerprint density at radius 1 is 1.06 bits per heavy atom. The van der Waals surface area contributed by atoms with Crippen molar-refractivity contribution in [3.05, 3.63) is 75.3 Å². The Morgan fingerprint density at radius 3 is 2.49 bits per heavy atom. The highest BCUT2D eigenvalue weighted by atomic mass is 79.9. The number of anilines is 1. The smallest absolute Gasteiger partial charge is 0.243 e. The molecule has 2 aromatic heterocycles. The summed E-state index contributed by atoms with van der Waals surface area (Å²) in [6.45, 7) is 1.63. The predicted molar refractivity (Wildman–Crippen MR) is 143 cm³/mol. The molecule has 1 N–H and O–H groups in total. The minimum absolute atomic E-state index is 0.272. The molecule has 35 heavy (non-hydrogen) atoms.